The van der Waals surface area contributed by atoms with Gasteiger partial charge in [0.2, 0.25) is 0 Å². The Morgan fingerprint density at radius 1 is 0.947 bits per heavy atom. The molecule has 0 spiro atoms. The maximum absolute atomic E-state index is 10.5. The normalized spacial score (nSPS) is 11.9. The van der Waals surface area contributed by atoms with E-state index >= 15 is 0 Å². The SMILES string of the molecule is COc1cccc(C(O)c2ccccc2N)c1OC. The Bertz CT molecular complexity index is 569. The molecule has 0 aliphatic heterocycles. The molecular weight excluding hydrogens is 242 g/mol. The van der Waals surface area contributed by atoms with Gasteiger partial charge in [0.05, 0.1) is 14.2 Å². The van der Waals surface area contributed by atoms with Gasteiger partial charge in [0.15, 0.2) is 11.5 Å². The fourth-order valence-corrected chi connectivity index (χ4v) is 2.05. The monoisotopic (exact) mass is 259 g/mol. The Balaban J connectivity index is 2.50. The number of anilines is 1. The molecule has 0 fully saturated rings. The predicted molar refractivity (Wildman–Crippen MR) is 74.5 cm³/mol. The van der Waals surface area contributed by atoms with Gasteiger partial charge < -0.3 is 20.3 Å². The molecule has 2 rings (SSSR count). The van der Waals surface area contributed by atoms with Gasteiger partial charge in [-0.2, -0.15) is 0 Å². The first-order chi connectivity index (χ1) is 9.19. The maximum atomic E-state index is 10.5. The third kappa shape index (κ3) is 2.48. The van der Waals surface area contributed by atoms with Gasteiger partial charge in [-0.25, -0.2) is 0 Å². The zero-order chi connectivity index (χ0) is 13.8. The van der Waals surface area contributed by atoms with Crippen LogP contribution >= 0.6 is 0 Å². The van der Waals surface area contributed by atoms with Crippen molar-refractivity contribution in [2.75, 3.05) is 20.0 Å². The summed E-state index contributed by atoms with van der Waals surface area (Å²) in [6.45, 7) is 0. The average Bonchev–Trinajstić information content (AvgIpc) is 2.46. The molecule has 3 N–H and O–H groups in total. The number of para-hydroxylation sites is 2. The first kappa shape index (κ1) is 13.2. The van der Waals surface area contributed by atoms with Crippen molar-refractivity contribution in [2.45, 2.75) is 6.10 Å². The largest absolute Gasteiger partial charge is 0.493 e. The van der Waals surface area contributed by atoms with E-state index in [1.165, 1.54) is 0 Å². The first-order valence-electron chi connectivity index (χ1n) is 5.92. The molecule has 19 heavy (non-hydrogen) atoms. The summed E-state index contributed by atoms with van der Waals surface area (Å²) < 4.78 is 10.5. The number of hydrogen-bond acceptors (Lipinski definition) is 4. The summed E-state index contributed by atoms with van der Waals surface area (Å²) >= 11 is 0. The second kappa shape index (κ2) is 5.63. The zero-order valence-electron chi connectivity index (χ0n) is 11.0. The van der Waals surface area contributed by atoms with Crippen molar-refractivity contribution < 1.29 is 14.6 Å². The standard InChI is InChI=1S/C15H17NO3/c1-18-13-9-5-7-11(15(13)19-2)14(17)10-6-3-4-8-12(10)16/h3-9,14,17H,16H2,1-2H3. The van der Waals surface area contributed by atoms with Crippen LogP contribution in [0.5, 0.6) is 11.5 Å². The van der Waals surface area contributed by atoms with Crippen LogP contribution in [0, 0.1) is 0 Å². The number of nitrogen functional groups attached to an aromatic ring is 1. The number of methoxy groups -OCH3 is 2. The lowest BCUT2D eigenvalue weighted by Crippen LogP contribution is -2.06. The minimum Gasteiger partial charge on any atom is -0.493 e. The lowest BCUT2D eigenvalue weighted by atomic mass is 9.99. The van der Waals surface area contributed by atoms with Gasteiger partial charge in [0.1, 0.15) is 6.10 Å². The van der Waals surface area contributed by atoms with Gasteiger partial charge in [-0.1, -0.05) is 30.3 Å². The molecular formula is C15H17NO3. The third-order valence-corrected chi connectivity index (χ3v) is 3.02. The van der Waals surface area contributed by atoms with E-state index < -0.39 is 6.10 Å². The fraction of sp³-hybridized carbons (Fsp3) is 0.200. The third-order valence-electron chi connectivity index (χ3n) is 3.02. The number of rotatable bonds is 4. The quantitative estimate of drug-likeness (QED) is 0.827. The van der Waals surface area contributed by atoms with Gasteiger partial charge in [-0.05, 0) is 12.1 Å². The van der Waals surface area contributed by atoms with Crippen LogP contribution in [0.4, 0.5) is 5.69 Å². The lowest BCUT2D eigenvalue weighted by molar-refractivity contribution is 0.213. The van der Waals surface area contributed by atoms with Gasteiger partial charge in [0.25, 0.3) is 0 Å². The van der Waals surface area contributed by atoms with Crippen LogP contribution in [0.3, 0.4) is 0 Å². The van der Waals surface area contributed by atoms with Gasteiger partial charge >= 0.3 is 0 Å². The van der Waals surface area contributed by atoms with E-state index in [1.54, 1.807) is 44.6 Å². The van der Waals surface area contributed by atoms with Crippen molar-refractivity contribution in [2.24, 2.45) is 0 Å². The number of aliphatic hydroxyl groups is 1. The van der Waals surface area contributed by atoms with Gasteiger partial charge in [-0.3, -0.25) is 0 Å². The average molecular weight is 259 g/mol. The zero-order valence-corrected chi connectivity index (χ0v) is 11.0. The molecule has 0 saturated heterocycles. The Morgan fingerprint density at radius 2 is 1.63 bits per heavy atom. The minimum atomic E-state index is -0.855. The van der Waals surface area contributed by atoms with E-state index in [0.29, 0.717) is 28.3 Å². The van der Waals surface area contributed by atoms with Gasteiger partial charge in [0, 0.05) is 16.8 Å². The van der Waals surface area contributed by atoms with Crippen molar-refractivity contribution in [3.05, 3.63) is 53.6 Å². The molecule has 4 heteroatoms. The number of aliphatic hydroxyl groups excluding tert-OH is 1. The van der Waals surface area contributed by atoms with E-state index in [1.807, 2.05) is 12.1 Å². The van der Waals surface area contributed by atoms with Crippen LogP contribution in [0.25, 0.3) is 0 Å². The highest BCUT2D eigenvalue weighted by molar-refractivity contribution is 5.55. The highest BCUT2D eigenvalue weighted by Gasteiger charge is 2.19. The Hall–Kier alpha value is -2.20. The summed E-state index contributed by atoms with van der Waals surface area (Å²) in [6.07, 6.45) is -0.855. The molecule has 0 aromatic heterocycles. The van der Waals surface area contributed by atoms with Crippen LogP contribution in [-0.4, -0.2) is 19.3 Å². The van der Waals surface area contributed by atoms with Crippen molar-refractivity contribution in [3.8, 4) is 11.5 Å². The van der Waals surface area contributed by atoms with E-state index in [4.69, 9.17) is 15.2 Å². The van der Waals surface area contributed by atoms with E-state index in [9.17, 15) is 5.11 Å². The van der Waals surface area contributed by atoms with Crippen LogP contribution in [-0.2, 0) is 0 Å². The number of nitrogens with two attached hydrogens (primary N) is 1. The Labute approximate surface area is 112 Å². The molecule has 0 aliphatic carbocycles. The number of ether oxygens (including phenoxy) is 2. The molecule has 0 heterocycles. The molecule has 0 amide bonds. The van der Waals surface area contributed by atoms with Crippen LogP contribution in [0.1, 0.15) is 17.2 Å². The molecule has 0 aliphatic rings. The van der Waals surface area contributed by atoms with Crippen molar-refractivity contribution in [1.29, 1.82) is 0 Å². The molecule has 2 aromatic carbocycles. The molecule has 0 radical (unpaired) electrons. The van der Waals surface area contributed by atoms with Crippen molar-refractivity contribution >= 4 is 5.69 Å². The summed E-state index contributed by atoms with van der Waals surface area (Å²) in [7, 11) is 3.10. The summed E-state index contributed by atoms with van der Waals surface area (Å²) in [5.41, 5.74) is 7.70. The highest BCUT2D eigenvalue weighted by atomic mass is 16.5. The summed E-state index contributed by atoms with van der Waals surface area (Å²) in [5.74, 6) is 1.09. The summed E-state index contributed by atoms with van der Waals surface area (Å²) in [4.78, 5) is 0. The number of hydrogen-bond donors (Lipinski definition) is 2. The van der Waals surface area contributed by atoms with E-state index in [2.05, 4.69) is 0 Å². The van der Waals surface area contributed by atoms with Crippen molar-refractivity contribution in [1.82, 2.24) is 0 Å². The first-order valence-corrected chi connectivity index (χ1v) is 5.92. The molecule has 0 bridgehead atoms. The smallest absolute Gasteiger partial charge is 0.166 e. The second-order valence-electron chi connectivity index (χ2n) is 4.11. The predicted octanol–water partition coefficient (Wildman–Crippen LogP) is 2.37. The second-order valence-corrected chi connectivity index (χ2v) is 4.11. The van der Waals surface area contributed by atoms with E-state index in [-0.39, 0.29) is 0 Å². The van der Waals surface area contributed by atoms with E-state index in [0.717, 1.165) is 0 Å². The minimum absolute atomic E-state index is 0.515. The summed E-state index contributed by atoms with van der Waals surface area (Å²) in [5, 5.41) is 10.5. The van der Waals surface area contributed by atoms with Gasteiger partial charge in [-0.15, -0.1) is 0 Å². The molecule has 4 nitrogen and oxygen atoms in total. The van der Waals surface area contributed by atoms with Crippen LogP contribution in [0.2, 0.25) is 0 Å². The highest BCUT2D eigenvalue weighted by Crippen LogP contribution is 2.38. The maximum Gasteiger partial charge on any atom is 0.166 e. The van der Waals surface area contributed by atoms with Crippen LogP contribution < -0.4 is 15.2 Å². The Kier molecular flexibility index (Phi) is 3.92. The number of benzene rings is 2. The molecule has 0 saturated carbocycles. The molecule has 1 unspecified atom stereocenters. The summed E-state index contributed by atoms with van der Waals surface area (Å²) in [6, 6.07) is 12.6. The topological polar surface area (TPSA) is 64.7 Å². The van der Waals surface area contributed by atoms with Crippen LogP contribution in [0.15, 0.2) is 42.5 Å². The molecule has 100 valence electrons. The molecule has 1 atom stereocenters. The Morgan fingerprint density at radius 3 is 2.26 bits per heavy atom. The lowest BCUT2D eigenvalue weighted by Gasteiger charge is -2.18. The molecule has 2 aromatic rings. The van der Waals surface area contributed by atoms with Crippen molar-refractivity contribution in [3.63, 3.8) is 0 Å². The fourth-order valence-electron chi connectivity index (χ4n) is 2.05.